The number of benzene rings is 2. The number of halogens is 1. The van der Waals surface area contributed by atoms with E-state index in [-0.39, 0.29) is 27.8 Å². The van der Waals surface area contributed by atoms with Crippen LogP contribution >= 0.6 is 11.6 Å². The molecule has 0 bridgehead atoms. The number of Topliss-reactive ketones (excluding diaryl/α,β-unsaturated/α-hetero) is 1. The predicted octanol–water partition coefficient (Wildman–Crippen LogP) is 3.95. The van der Waals surface area contributed by atoms with Gasteiger partial charge < -0.3 is 14.8 Å². The van der Waals surface area contributed by atoms with E-state index >= 15 is 0 Å². The zero-order valence-electron chi connectivity index (χ0n) is 15.7. The van der Waals surface area contributed by atoms with Crippen molar-refractivity contribution in [2.24, 2.45) is 10.2 Å². The molecule has 0 aliphatic carbocycles. The van der Waals surface area contributed by atoms with Gasteiger partial charge in [0.15, 0.2) is 5.78 Å². The highest BCUT2D eigenvalue weighted by Gasteiger charge is 2.25. The second kappa shape index (κ2) is 9.60. The second-order valence-corrected chi connectivity index (χ2v) is 6.06. The van der Waals surface area contributed by atoms with Gasteiger partial charge in [0.05, 0.1) is 30.5 Å². The summed E-state index contributed by atoms with van der Waals surface area (Å²) in [5.41, 5.74) is 0.0875. The molecule has 29 heavy (non-hydrogen) atoms. The second-order valence-electron chi connectivity index (χ2n) is 5.69. The number of nitrogens with zero attached hydrogens (tertiary/aromatic N) is 3. The summed E-state index contributed by atoms with van der Waals surface area (Å²) < 4.78 is 10.3. The molecular weight excluding hydrogens is 404 g/mol. The van der Waals surface area contributed by atoms with Gasteiger partial charge in [0.2, 0.25) is 6.04 Å². The summed E-state index contributed by atoms with van der Waals surface area (Å²) in [6.45, 7) is 1.17. The summed E-state index contributed by atoms with van der Waals surface area (Å²) in [6.07, 6.45) is 0. The molecule has 152 valence electrons. The van der Waals surface area contributed by atoms with Gasteiger partial charge in [0.25, 0.3) is 11.6 Å². The Balaban J connectivity index is 2.28. The van der Waals surface area contributed by atoms with Crippen molar-refractivity contribution in [3.05, 3.63) is 51.5 Å². The lowest BCUT2D eigenvalue weighted by Gasteiger charge is -2.14. The van der Waals surface area contributed by atoms with E-state index in [1.54, 1.807) is 0 Å². The lowest BCUT2D eigenvalue weighted by molar-refractivity contribution is -0.384. The number of nitro groups is 1. The molecule has 10 nitrogen and oxygen atoms in total. The quantitative estimate of drug-likeness (QED) is 0.297. The first-order chi connectivity index (χ1) is 13.8. The highest BCUT2D eigenvalue weighted by Crippen LogP contribution is 2.36. The number of nitrogens with one attached hydrogen (secondary N) is 1. The first kappa shape index (κ1) is 21.8. The van der Waals surface area contributed by atoms with Crippen LogP contribution in [0.4, 0.5) is 17.1 Å². The van der Waals surface area contributed by atoms with Gasteiger partial charge in [0, 0.05) is 24.3 Å². The molecule has 0 spiro atoms. The van der Waals surface area contributed by atoms with E-state index in [1.165, 1.54) is 57.5 Å². The molecule has 0 aliphatic rings. The number of anilines is 1. The van der Waals surface area contributed by atoms with Crippen molar-refractivity contribution in [1.29, 1.82) is 0 Å². The van der Waals surface area contributed by atoms with Gasteiger partial charge in [-0.25, -0.2) is 0 Å². The van der Waals surface area contributed by atoms with Gasteiger partial charge in [-0.05, 0) is 13.0 Å². The highest BCUT2D eigenvalue weighted by molar-refractivity contribution is 6.35. The zero-order valence-corrected chi connectivity index (χ0v) is 16.5. The van der Waals surface area contributed by atoms with Crippen molar-refractivity contribution in [3.63, 3.8) is 0 Å². The number of hydrogen-bond acceptors (Lipinski definition) is 8. The van der Waals surface area contributed by atoms with Crippen LogP contribution in [0.3, 0.4) is 0 Å². The van der Waals surface area contributed by atoms with Crippen LogP contribution < -0.4 is 14.8 Å². The Morgan fingerprint density at radius 2 is 1.93 bits per heavy atom. The summed E-state index contributed by atoms with van der Waals surface area (Å²) in [6, 6.07) is 6.82. The first-order valence-corrected chi connectivity index (χ1v) is 8.52. The molecule has 11 heteroatoms. The summed E-state index contributed by atoms with van der Waals surface area (Å²) in [4.78, 5) is 34.7. The van der Waals surface area contributed by atoms with E-state index in [4.69, 9.17) is 21.1 Å². The van der Waals surface area contributed by atoms with E-state index in [9.17, 15) is 19.7 Å². The van der Waals surface area contributed by atoms with Crippen LogP contribution in [0.2, 0.25) is 5.02 Å². The third-order valence-electron chi connectivity index (χ3n) is 3.69. The third kappa shape index (κ3) is 5.48. The van der Waals surface area contributed by atoms with Crippen LogP contribution in [0.5, 0.6) is 11.5 Å². The fourth-order valence-electron chi connectivity index (χ4n) is 2.24. The summed E-state index contributed by atoms with van der Waals surface area (Å²) in [5, 5.41) is 21.0. The number of azo groups is 1. The average molecular weight is 421 g/mol. The van der Waals surface area contributed by atoms with E-state index in [0.717, 1.165) is 0 Å². The van der Waals surface area contributed by atoms with Gasteiger partial charge in [-0.3, -0.25) is 19.7 Å². The number of amides is 1. The van der Waals surface area contributed by atoms with Gasteiger partial charge in [-0.2, -0.15) is 10.2 Å². The number of carbonyl (C=O) groups is 2. The van der Waals surface area contributed by atoms with E-state index < -0.39 is 22.7 Å². The Kier molecular flexibility index (Phi) is 7.21. The molecule has 1 atom stereocenters. The monoisotopic (exact) mass is 420 g/mol. The molecular formula is C18H17ClN4O6. The number of hydrogen-bond donors (Lipinski definition) is 1. The van der Waals surface area contributed by atoms with Crippen LogP contribution in [0.15, 0.2) is 46.6 Å². The van der Waals surface area contributed by atoms with Crippen molar-refractivity contribution in [2.45, 2.75) is 13.0 Å². The predicted molar refractivity (Wildman–Crippen MR) is 105 cm³/mol. The lowest BCUT2D eigenvalue weighted by Crippen LogP contribution is -2.32. The number of nitro benzene ring substituents is 1. The molecule has 0 heterocycles. The van der Waals surface area contributed by atoms with Crippen molar-refractivity contribution in [3.8, 4) is 11.5 Å². The smallest absolute Gasteiger partial charge is 0.271 e. The van der Waals surface area contributed by atoms with Crippen molar-refractivity contribution in [1.82, 2.24) is 0 Å². The maximum Gasteiger partial charge on any atom is 0.271 e. The zero-order chi connectivity index (χ0) is 21.6. The maximum absolute atomic E-state index is 12.6. The fourth-order valence-corrected chi connectivity index (χ4v) is 2.48. The molecule has 0 aromatic heterocycles. The molecule has 0 fully saturated rings. The third-order valence-corrected chi connectivity index (χ3v) is 4.08. The maximum atomic E-state index is 12.6. The highest BCUT2D eigenvalue weighted by atomic mass is 35.5. The van der Waals surface area contributed by atoms with Crippen LogP contribution in [0.25, 0.3) is 0 Å². The number of methoxy groups -OCH3 is 2. The Bertz CT molecular complexity index is 979. The minimum absolute atomic E-state index is 0.111. The molecule has 1 unspecified atom stereocenters. The molecule has 2 rings (SSSR count). The van der Waals surface area contributed by atoms with Crippen molar-refractivity contribution < 1.29 is 24.0 Å². The van der Waals surface area contributed by atoms with Crippen LogP contribution in [0, 0.1) is 10.1 Å². The van der Waals surface area contributed by atoms with Crippen molar-refractivity contribution in [2.75, 3.05) is 19.5 Å². The molecule has 0 aliphatic heterocycles. The van der Waals surface area contributed by atoms with E-state index in [2.05, 4.69) is 15.5 Å². The number of ketones is 1. The number of ether oxygens (including phenoxy) is 2. The summed E-state index contributed by atoms with van der Waals surface area (Å²) in [7, 11) is 2.83. The molecule has 2 aromatic carbocycles. The van der Waals surface area contributed by atoms with E-state index in [1.807, 2.05) is 0 Å². The molecule has 0 radical (unpaired) electrons. The van der Waals surface area contributed by atoms with Gasteiger partial charge in [0.1, 0.15) is 16.5 Å². The molecule has 0 saturated heterocycles. The van der Waals surface area contributed by atoms with Gasteiger partial charge in [-0.1, -0.05) is 17.7 Å². The summed E-state index contributed by atoms with van der Waals surface area (Å²) >= 11 is 6.19. The van der Waals surface area contributed by atoms with Crippen LogP contribution in [-0.4, -0.2) is 36.9 Å². The van der Waals surface area contributed by atoms with Crippen LogP contribution in [0.1, 0.15) is 6.92 Å². The Hall–Kier alpha value is -3.53. The number of carbonyl (C=O) groups excluding carboxylic acids is 2. The fraction of sp³-hybridized carbons (Fsp3) is 0.222. The standard InChI is InChI=1S/C18H17ClN4O6/c1-10(24)17(22-21-11-5-4-6-12(7-11)23(26)27)18(25)20-14-8-13(28-2)9-15(29-3)16(14)19/h4-9,17H,1-3H3,(H,20,25). The Morgan fingerprint density at radius 3 is 2.52 bits per heavy atom. The van der Waals surface area contributed by atoms with Crippen molar-refractivity contribution >= 4 is 40.4 Å². The lowest BCUT2D eigenvalue weighted by atomic mass is 10.2. The Morgan fingerprint density at radius 1 is 1.21 bits per heavy atom. The largest absolute Gasteiger partial charge is 0.497 e. The molecule has 1 N–H and O–H groups in total. The molecule has 0 saturated carbocycles. The minimum Gasteiger partial charge on any atom is -0.497 e. The SMILES string of the molecule is COc1cc(NC(=O)C(N=Nc2cccc([N+](=O)[O-])c2)C(C)=O)c(Cl)c(OC)c1. The normalized spacial score (nSPS) is 11.7. The number of rotatable bonds is 8. The number of non-ortho nitro benzene ring substituents is 1. The van der Waals surface area contributed by atoms with Crippen LogP contribution in [-0.2, 0) is 9.59 Å². The van der Waals surface area contributed by atoms with E-state index in [0.29, 0.717) is 5.75 Å². The van der Waals surface area contributed by atoms with Gasteiger partial charge in [-0.15, -0.1) is 0 Å². The van der Waals surface area contributed by atoms with Gasteiger partial charge >= 0.3 is 0 Å². The average Bonchev–Trinajstić information content (AvgIpc) is 2.69. The topological polar surface area (TPSA) is 132 Å². The summed E-state index contributed by atoms with van der Waals surface area (Å²) in [5.74, 6) is -0.732. The minimum atomic E-state index is -1.48. The molecule has 1 amide bonds. The molecule has 2 aromatic rings. The first-order valence-electron chi connectivity index (χ1n) is 8.15. The Labute approximate surface area is 170 Å².